The predicted molar refractivity (Wildman–Crippen MR) is 108 cm³/mol. The van der Waals surface area contributed by atoms with Gasteiger partial charge in [-0.15, -0.1) is 11.8 Å². The first kappa shape index (κ1) is 22.1. The third kappa shape index (κ3) is 4.16. The molecule has 0 saturated heterocycles. The van der Waals surface area contributed by atoms with E-state index in [1.807, 2.05) is 6.92 Å². The maximum atomic E-state index is 14.1. The molecule has 4 heterocycles. The van der Waals surface area contributed by atoms with Crippen LogP contribution < -0.4 is 4.90 Å². The van der Waals surface area contributed by atoms with E-state index in [0.29, 0.717) is 28.8 Å². The number of halogens is 5. The predicted octanol–water partition coefficient (Wildman–Crippen LogP) is 5.15. The van der Waals surface area contributed by atoms with Gasteiger partial charge in [0.1, 0.15) is 17.2 Å². The Bertz CT molecular complexity index is 1200. The van der Waals surface area contributed by atoms with Crippen molar-refractivity contribution in [2.75, 3.05) is 17.2 Å². The van der Waals surface area contributed by atoms with E-state index in [1.165, 1.54) is 28.9 Å². The van der Waals surface area contributed by atoms with Gasteiger partial charge >= 0.3 is 6.18 Å². The van der Waals surface area contributed by atoms with Crippen LogP contribution in [0.1, 0.15) is 28.7 Å². The van der Waals surface area contributed by atoms with Crippen LogP contribution in [0, 0.1) is 11.6 Å². The van der Waals surface area contributed by atoms with Crippen molar-refractivity contribution in [1.82, 2.24) is 15.0 Å². The second-order valence-electron chi connectivity index (χ2n) is 6.88. The Labute approximate surface area is 183 Å². The highest BCUT2D eigenvalue weighted by atomic mass is 32.2. The normalized spacial score (nSPS) is 13.4. The minimum atomic E-state index is -4.59. The van der Waals surface area contributed by atoms with Crippen LogP contribution in [0.15, 0.2) is 41.7 Å². The Hall–Kier alpha value is -3.08. The number of aromatic nitrogens is 3. The van der Waals surface area contributed by atoms with E-state index in [4.69, 9.17) is 0 Å². The minimum absolute atomic E-state index is 0.0216. The summed E-state index contributed by atoms with van der Waals surface area (Å²) in [5, 5.41) is 0. The maximum Gasteiger partial charge on any atom is 0.417 e. The average molecular weight is 466 g/mol. The standard InChI is InChI=1S/C21H15F5N4OS/c1-2-32-17-5-11(18-14(23)7-13(22)10-29-18)8-28-19(17)20(31)30-4-3-15-16(30)6-12(9-27-15)21(24,25)26/h5-10H,2-4H2,1H3. The fraction of sp³-hybridized carbons (Fsp3) is 0.238. The molecule has 0 N–H and O–H groups in total. The van der Waals surface area contributed by atoms with Crippen LogP contribution in [-0.2, 0) is 12.6 Å². The smallest absolute Gasteiger partial charge is 0.305 e. The van der Waals surface area contributed by atoms with Crippen LogP contribution in [0.25, 0.3) is 11.3 Å². The fourth-order valence-electron chi connectivity index (χ4n) is 3.37. The monoisotopic (exact) mass is 466 g/mol. The molecule has 5 nitrogen and oxygen atoms in total. The molecule has 0 atom stereocenters. The number of anilines is 1. The third-order valence-corrected chi connectivity index (χ3v) is 5.73. The second-order valence-corrected chi connectivity index (χ2v) is 8.19. The Kier molecular flexibility index (Phi) is 5.85. The number of hydrogen-bond acceptors (Lipinski definition) is 5. The molecule has 0 unspecified atom stereocenters. The SMILES string of the molecule is CCSc1cc(-c2ncc(F)cc2F)cnc1C(=O)N1CCc2ncc(C(F)(F)F)cc21. The molecule has 32 heavy (non-hydrogen) atoms. The molecule has 3 aromatic heterocycles. The summed E-state index contributed by atoms with van der Waals surface area (Å²) in [6.45, 7) is 2.00. The quantitative estimate of drug-likeness (QED) is 0.393. The van der Waals surface area contributed by atoms with Crippen molar-refractivity contribution < 1.29 is 26.7 Å². The molecule has 1 aliphatic heterocycles. The number of carbonyl (C=O) groups is 1. The van der Waals surface area contributed by atoms with Crippen molar-refractivity contribution in [3.8, 4) is 11.3 Å². The molecule has 4 rings (SSSR count). The Morgan fingerprint density at radius 2 is 1.88 bits per heavy atom. The summed E-state index contributed by atoms with van der Waals surface area (Å²) in [7, 11) is 0. The van der Waals surface area contributed by atoms with Gasteiger partial charge in [0, 0.05) is 41.9 Å². The molecule has 11 heteroatoms. The summed E-state index contributed by atoms with van der Waals surface area (Å²) < 4.78 is 66.7. The number of amides is 1. The number of alkyl halides is 3. The Balaban J connectivity index is 1.72. The van der Waals surface area contributed by atoms with E-state index < -0.39 is 29.3 Å². The van der Waals surface area contributed by atoms with E-state index in [-0.39, 0.29) is 29.2 Å². The van der Waals surface area contributed by atoms with Gasteiger partial charge in [-0.2, -0.15) is 13.2 Å². The first-order valence-corrected chi connectivity index (χ1v) is 10.5. The van der Waals surface area contributed by atoms with Crippen molar-refractivity contribution in [2.24, 2.45) is 0 Å². The number of carbonyl (C=O) groups excluding carboxylic acids is 1. The zero-order valence-corrected chi connectivity index (χ0v) is 17.4. The van der Waals surface area contributed by atoms with E-state index >= 15 is 0 Å². The molecule has 0 radical (unpaired) electrons. The van der Waals surface area contributed by atoms with E-state index in [2.05, 4.69) is 15.0 Å². The third-order valence-electron chi connectivity index (χ3n) is 4.82. The van der Waals surface area contributed by atoms with Crippen LogP contribution in [0.3, 0.4) is 0 Å². The highest BCUT2D eigenvalue weighted by Gasteiger charge is 2.35. The number of nitrogens with zero attached hydrogens (tertiary/aromatic N) is 4. The number of rotatable bonds is 4. The van der Waals surface area contributed by atoms with Gasteiger partial charge < -0.3 is 4.90 Å². The minimum Gasteiger partial charge on any atom is -0.305 e. The van der Waals surface area contributed by atoms with Crippen molar-refractivity contribution in [3.63, 3.8) is 0 Å². The van der Waals surface area contributed by atoms with Crippen LogP contribution >= 0.6 is 11.8 Å². The van der Waals surface area contributed by atoms with Gasteiger partial charge in [-0.25, -0.2) is 13.8 Å². The molecule has 0 bridgehead atoms. The van der Waals surface area contributed by atoms with Gasteiger partial charge in [-0.05, 0) is 17.9 Å². The molecule has 0 saturated carbocycles. The number of pyridine rings is 3. The largest absolute Gasteiger partial charge is 0.417 e. The van der Waals surface area contributed by atoms with Crippen molar-refractivity contribution >= 4 is 23.4 Å². The second kappa shape index (κ2) is 8.45. The average Bonchev–Trinajstić information content (AvgIpc) is 3.16. The summed E-state index contributed by atoms with van der Waals surface area (Å²) in [5.74, 6) is -1.73. The molecule has 1 amide bonds. The van der Waals surface area contributed by atoms with Crippen LogP contribution in [0.2, 0.25) is 0 Å². The van der Waals surface area contributed by atoms with Gasteiger partial charge in [0.05, 0.1) is 23.1 Å². The molecule has 0 fully saturated rings. The number of thioether (sulfide) groups is 1. The Morgan fingerprint density at radius 1 is 1.09 bits per heavy atom. The fourth-order valence-corrected chi connectivity index (χ4v) is 4.16. The molecule has 1 aliphatic rings. The lowest BCUT2D eigenvalue weighted by molar-refractivity contribution is -0.137. The van der Waals surface area contributed by atoms with Crippen molar-refractivity contribution in [3.05, 3.63) is 65.4 Å². The van der Waals surface area contributed by atoms with Gasteiger partial charge in [0.25, 0.3) is 5.91 Å². The highest BCUT2D eigenvalue weighted by molar-refractivity contribution is 7.99. The van der Waals surface area contributed by atoms with Gasteiger partial charge in [0.2, 0.25) is 0 Å². The molecular formula is C21H15F5N4OS. The van der Waals surface area contributed by atoms with E-state index in [0.717, 1.165) is 18.5 Å². The van der Waals surface area contributed by atoms with Crippen molar-refractivity contribution in [1.29, 1.82) is 0 Å². The summed E-state index contributed by atoms with van der Waals surface area (Å²) in [6, 6.07) is 3.12. The summed E-state index contributed by atoms with van der Waals surface area (Å²) in [5.41, 5.74) is -0.312. The topological polar surface area (TPSA) is 59.0 Å². The zero-order chi connectivity index (χ0) is 23.0. The van der Waals surface area contributed by atoms with Gasteiger partial charge in [-0.1, -0.05) is 6.92 Å². The molecule has 166 valence electrons. The van der Waals surface area contributed by atoms with Crippen LogP contribution in [0.4, 0.5) is 27.6 Å². The van der Waals surface area contributed by atoms with Crippen LogP contribution in [0.5, 0.6) is 0 Å². The number of fused-ring (bicyclic) bond motifs is 1. The number of hydrogen-bond donors (Lipinski definition) is 0. The molecule has 0 spiro atoms. The first-order chi connectivity index (χ1) is 15.2. The highest BCUT2D eigenvalue weighted by Crippen LogP contribution is 2.36. The van der Waals surface area contributed by atoms with Gasteiger partial charge in [-0.3, -0.25) is 14.8 Å². The summed E-state index contributed by atoms with van der Waals surface area (Å²) in [4.78, 5) is 26.6. The lowest BCUT2D eigenvalue weighted by Gasteiger charge is -2.19. The molecule has 3 aromatic rings. The lowest BCUT2D eigenvalue weighted by atomic mass is 10.1. The van der Waals surface area contributed by atoms with Crippen molar-refractivity contribution in [2.45, 2.75) is 24.4 Å². The molecular weight excluding hydrogens is 451 g/mol. The molecule has 0 aromatic carbocycles. The van der Waals surface area contributed by atoms with Crippen LogP contribution in [-0.4, -0.2) is 33.2 Å². The zero-order valence-electron chi connectivity index (χ0n) is 16.6. The van der Waals surface area contributed by atoms with E-state index in [1.54, 1.807) is 0 Å². The maximum absolute atomic E-state index is 14.1. The Morgan fingerprint density at radius 3 is 2.56 bits per heavy atom. The summed E-state index contributed by atoms with van der Waals surface area (Å²) >= 11 is 1.27. The lowest BCUT2D eigenvalue weighted by Crippen LogP contribution is -2.30. The summed E-state index contributed by atoms with van der Waals surface area (Å²) in [6.07, 6.45) is -1.41. The molecule has 0 aliphatic carbocycles. The van der Waals surface area contributed by atoms with Gasteiger partial charge in [0.15, 0.2) is 5.82 Å². The first-order valence-electron chi connectivity index (χ1n) is 9.51. The van der Waals surface area contributed by atoms with E-state index in [9.17, 15) is 26.7 Å².